The molecule has 5 nitrogen and oxygen atoms in total. The maximum Gasteiger partial charge on any atom is 0.303 e. The van der Waals surface area contributed by atoms with E-state index in [-0.39, 0.29) is 12.3 Å². The molecule has 0 saturated carbocycles. The molecular weight excluding hydrogens is 268 g/mol. The molecular formula is C16H18N2O3. The minimum atomic E-state index is -0.829. The summed E-state index contributed by atoms with van der Waals surface area (Å²) in [7, 11) is 0. The lowest BCUT2D eigenvalue weighted by molar-refractivity contribution is -0.136. The molecule has 1 aromatic carbocycles. The molecule has 0 unspecified atom stereocenters. The quantitative estimate of drug-likeness (QED) is 0.857. The highest BCUT2D eigenvalue weighted by atomic mass is 16.4. The van der Waals surface area contributed by atoms with Crippen molar-refractivity contribution in [1.82, 2.24) is 4.57 Å². The fourth-order valence-electron chi connectivity index (χ4n) is 2.15. The number of hydrogen-bond donors (Lipinski definition) is 2. The van der Waals surface area contributed by atoms with Crippen molar-refractivity contribution in [2.24, 2.45) is 0 Å². The third kappa shape index (κ3) is 3.95. The number of benzene rings is 1. The van der Waals surface area contributed by atoms with Gasteiger partial charge >= 0.3 is 5.97 Å². The lowest BCUT2D eigenvalue weighted by atomic mass is 10.1. The summed E-state index contributed by atoms with van der Waals surface area (Å²) in [6.07, 6.45) is 2.39. The zero-order valence-corrected chi connectivity index (χ0v) is 11.9. The highest BCUT2D eigenvalue weighted by Crippen LogP contribution is 2.14. The number of anilines is 1. The van der Waals surface area contributed by atoms with Crippen LogP contribution in [0.2, 0.25) is 0 Å². The van der Waals surface area contributed by atoms with Crippen molar-refractivity contribution in [3.63, 3.8) is 0 Å². The third-order valence-corrected chi connectivity index (χ3v) is 3.22. The Morgan fingerprint density at radius 1 is 1.24 bits per heavy atom. The number of carboxylic acid groups (broad SMARTS) is 1. The van der Waals surface area contributed by atoms with Gasteiger partial charge in [-0.3, -0.25) is 9.59 Å². The van der Waals surface area contributed by atoms with Gasteiger partial charge in [0.25, 0.3) is 5.91 Å². The molecule has 5 heteroatoms. The molecule has 0 aliphatic heterocycles. The molecule has 1 aromatic heterocycles. The van der Waals surface area contributed by atoms with E-state index in [1.54, 1.807) is 18.2 Å². The van der Waals surface area contributed by atoms with Crippen molar-refractivity contribution in [3.05, 3.63) is 53.9 Å². The van der Waals surface area contributed by atoms with E-state index in [9.17, 15) is 9.59 Å². The van der Waals surface area contributed by atoms with Crippen LogP contribution in [0.3, 0.4) is 0 Å². The molecule has 21 heavy (non-hydrogen) atoms. The third-order valence-electron chi connectivity index (χ3n) is 3.22. The molecule has 2 rings (SSSR count). The van der Waals surface area contributed by atoms with Crippen molar-refractivity contribution in [2.45, 2.75) is 26.3 Å². The fourth-order valence-corrected chi connectivity index (χ4v) is 2.15. The molecule has 1 heterocycles. The van der Waals surface area contributed by atoms with Crippen LogP contribution in [-0.2, 0) is 17.8 Å². The first-order chi connectivity index (χ1) is 10.1. The van der Waals surface area contributed by atoms with E-state index in [0.717, 1.165) is 12.1 Å². The zero-order chi connectivity index (χ0) is 15.2. The fraction of sp³-hybridized carbons (Fsp3) is 0.250. The summed E-state index contributed by atoms with van der Waals surface area (Å²) in [5.74, 6) is -0.998. The molecule has 1 amide bonds. The highest BCUT2D eigenvalue weighted by molar-refractivity contribution is 6.03. The molecule has 0 saturated heterocycles. The van der Waals surface area contributed by atoms with E-state index in [0.29, 0.717) is 17.8 Å². The van der Waals surface area contributed by atoms with Crippen LogP contribution >= 0.6 is 0 Å². The largest absolute Gasteiger partial charge is 0.481 e. The van der Waals surface area contributed by atoms with Crippen LogP contribution in [0.1, 0.15) is 29.4 Å². The Morgan fingerprint density at radius 2 is 2.05 bits per heavy atom. The average molecular weight is 286 g/mol. The van der Waals surface area contributed by atoms with Gasteiger partial charge in [-0.25, -0.2) is 0 Å². The van der Waals surface area contributed by atoms with E-state index >= 15 is 0 Å². The van der Waals surface area contributed by atoms with Crippen LogP contribution in [0.5, 0.6) is 0 Å². The SMILES string of the molecule is CCn1cccc1C(=O)Nc1cccc(CCC(=O)O)c1. The number of carbonyl (C=O) groups excluding carboxylic acids is 1. The molecule has 0 aliphatic rings. The Bertz CT molecular complexity index is 646. The van der Waals surface area contributed by atoms with Gasteiger partial charge in [0.15, 0.2) is 0 Å². The first-order valence-electron chi connectivity index (χ1n) is 6.87. The summed E-state index contributed by atoms with van der Waals surface area (Å²) >= 11 is 0. The minimum absolute atomic E-state index is 0.0794. The Labute approximate surface area is 123 Å². The molecule has 0 atom stereocenters. The monoisotopic (exact) mass is 286 g/mol. The molecule has 110 valence electrons. The Balaban J connectivity index is 2.07. The predicted octanol–water partition coefficient (Wildman–Crippen LogP) is 2.78. The Hall–Kier alpha value is -2.56. The first-order valence-corrected chi connectivity index (χ1v) is 6.87. The van der Waals surface area contributed by atoms with Gasteiger partial charge in [-0.2, -0.15) is 0 Å². The van der Waals surface area contributed by atoms with E-state index in [1.807, 2.05) is 35.9 Å². The van der Waals surface area contributed by atoms with Crippen LogP contribution < -0.4 is 5.32 Å². The number of rotatable bonds is 6. The van der Waals surface area contributed by atoms with Crippen molar-refractivity contribution < 1.29 is 14.7 Å². The van der Waals surface area contributed by atoms with Crippen LogP contribution in [-0.4, -0.2) is 21.6 Å². The molecule has 0 bridgehead atoms. The van der Waals surface area contributed by atoms with Gasteiger partial charge in [0, 0.05) is 24.8 Å². The summed E-state index contributed by atoms with van der Waals surface area (Å²) < 4.78 is 1.86. The zero-order valence-electron chi connectivity index (χ0n) is 11.9. The number of aliphatic carboxylic acids is 1. The number of aryl methyl sites for hydroxylation is 2. The maximum atomic E-state index is 12.2. The lowest BCUT2D eigenvalue weighted by Crippen LogP contribution is -2.16. The molecule has 2 N–H and O–H groups in total. The maximum absolute atomic E-state index is 12.2. The number of aromatic nitrogens is 1. The van der Waals surface area contributed by atoms with Crippen LogP contribution in [0.4, 0.5) is 5.69 Å². The van der Waals surface area contributed by atoms with Crippen molar-refractivity contribution in [2.75, 3.05) is 5.32 Å². The minimum Gasteiger partial charge on any atom is -0.481 e. The van der Waals surface area contributed by atoms with Gasteiger partial charge in [0.1, 0.15) is 5.69 Å². The first kappa shape index (κ1) is 14.8. The van der Waals surface area contributed by atoms with Crippen LogP contribution in [0.25, 0.3) is 0 Å². The van der Waals surface area contributed by atoms with Crippen molar-refractivity contribution in [1.29, 1.82) is 0 Å². The molecule has 0 spiro atoms. The Kier molecular flexibility index (Phi) is 4.77. The van der Waals surface area contributed by atoms with E-state index < -0.39 is 5.97 Å². The average Bonchev–Trinajstić information content (AvgIpc) is 2.94. The van der Waals surface area contributed by atoms with Gasteiger partial charge < -0.3 is 15.0 Å². The topological polar surface area (TPSA) is 71.3 Å². The summed E-state index contributed by atoms with van der Waals surface area (Å²) in [5.41, 5.74) is 2.17. The second kappa shape index (κ2) is 6.74. The van der Waals surface area contributed by atoms with Gasteiger partial charge in [-0.1, -0.05) is 12.1 Å². The molecule has 0 radical (unpaired) electrons. The van der Waals surface area contributed by atoms with Gasteiger partial charge in [0.05, 0.1) is 0 Å². The molecule has 0 fully saturated rings. The van der Waals surface area contributed by atoms with Gasteiger partial charge in [0.2, 0.25) is 0 Å². The standard InChI is InChI=1S/C16H18N2O3/c1-2-18-10-4-7-14(18)16(21)17-13-6-3-5-12(11-13)8-9-15(19)20/h3-7,10-11H,2,8-9H2,1H3,(H,17,21)(H,19,20). The predicted molar refractivity (Wildman–Crippen MR) is 80.5 cm³/mol. The lowest BCUT2D eigenvalue weighted by Gasteiger charge is -2.09. The summed E-state index contributed by atoms with van der Waals surface area (Å²) in [6.45, 7) is 2.71. The van der Waals surface area contributed by atoms with Gasteiger partial charge in [-0.15, -0.1) is 0 Å². The normalized spacial score (nSPS) is 10.3. The van der Waals surface area contributed by atoms with Crippen molar-refractivity contribution >= 4 is 17.6 Å². The van der Waals surface area contributed by atoms with E-state index in [2.05, 4.69) is 5.32 Å². The molecule has 2 aromatic rings. The summed E-state index contributed by atoms with van der Waals surface area (Å²) in [5, 5.41) is 11.5. The van der Waals surface area contributed by atoms with Gasteiger partial charge in [-0.05, 0) is 43.2 Å². The van der Waals surface area contributed by atoms with Crippen LogP contribution in [0, 0.1) is 0 Å². The van der Waals surface area contributed by atoms with E-state index in [4.69, 9.17) is 5.11 Å². The highest BCUT2D eigenvalue weighted by Gasteiger charge is 2.10. The number of carbonyl (C=O) groups is 2. The smallest absolute Gasteiger partial charge is 0.303 e. The number of amides is 1. The number of nitrogens with one attached hydrogen (secondary N) is 1. The number of carboxylic acids is 1. The Morgan fingerprint density at radius 3 is 2.76 bits per heavy atom. The second-order valence-corrected chi connectivity index (χ2v) is 4.73. The summed E-state index contributed by atoms with van der Waals surface area (Å²) in [6, 6.07) is 10.9. The van der Waals surface area contributed by atoms with Crippen LogP contribution in [0.15, 0.2) is 42.6 Å². The van der Waals surface area contributed by atoms with E-state index in [1.165, 1.54) is 0 Å². The molecule has 0 aliphatic carbocycles. The summed E-state index contributed by atoms with van der Waals surface area (Å²) in [4.78, 5) is 22.8. The number of hydrogen-bond acceptors (Lipinski definition) is 2. The second-order valence-electron chi connectivity index (χ2n) is 4.73. The number of nitrogens with zero attached hydrogens (tertiary/aromatic N) is 1. The van der Waals surface area contributed by atoms with Crippen molar-refractivity contribution in [3.8, 4) is 0 Å².